The summed E-state index contributed by atoms with van der Waals surface area (Å²) in [6, 6.07) is 0. The average Bonchev–Trinajstić information content (AvgIpc) is 2.48. The van der Waals surface area contributed by atoms with Gasteiger partial charge in [0.25, 0.3) is 0 Å². The molecule has 112 valence electrons. The van der Waals surface area contributed by atoms with E-state index in [-0.39, 0.29) is 10.3 Å². The summed E-state index contributed by atoms with van der Waals surface area (Å²) in [7, 11) is -1.77. The molecule has 7 heteroatoms. The summed E-state index contributed by atoms with van der Waals surface area (Å²) in [5, 5.41) is 2.77. The van der Waals surface area contributed by atoms with Crippen LogP contribution < -0.4 is 5.32 Å². The highest BCUT2D eigenvalue weighted by Gasteiger charge is 2.34. The van der Waals surface area contributed by atoms with Crippen LogP contribution in [0.1, 0.15) is 33.1 Å². The Morgan fingerprint density at radius 2 is 1.85 bits per heavy atom. The Morgan fingerprint density at radius 3 is 2.30 bits per heavy atom. The van der Waals surface area contributed by atoms with Crippen molar-refractivity contribution in [3.63, 3.8) is 0 Å². The number of hydrogen-bond donors (Lipinski definition) is 1. The first-order chi connectivity index (χ1) is 9.41. The summed E-state index contributed by atoms with van der Waals surface area (Å²) < 4.78 is 26.6. The molecule has 2 rings (SSSR count). The van der Waals surface area contributed by atoms with Crippen LogP contribution in [0, 0.1) is 5.41 Å². The standard InChI is InChI=1S/C13H22N4O2S/c1-4-13(2)5-7-17(8-6-13)20(18,19)11-9-15-12(14-3)16-10-11/h9-10H,4-8H2,1-3H3,(H,14,15,16). The number of anilines is 1. The number of rotatable bonds is 4. The Hall–Kier alpha value is -1.21. The van der Waals surface area contributed by atoms with Crippen molar-refractivity contribution in [1.29, 1.82) is 0 Å². The van der Waals surface area contributed by atoms with E-state index in [0.717, 1.165) is 19.3 Å². The number of hydrogen-bond acceptors (Lipinski definition) is 5. The normalized spacial score (nSPS) is 19.8. The maximum absolute atomic E-state index is 12.5. The zero-order valence-electron chi connectivity index (χ0n) is 12.3. The Balaban J connectivity index is 2.15. The predicted molar refractivity (Wildman–Crippen MR) is 78.0 cm³/mol. The van der Waals surface area contributed by atoms with Gasteiger partial charge in [-0.2, -0.15) is 4.31 Å². The number of aromatic nitrogens is 2. The summed E-state index contributed by atoms with van der Waals surface area (Å²) in [5.74, 6) is 0.418. The monoisotopic (exact) mass is 298 g/mol. The summed E-state index contributed by atoms with van der Waals surface area (Å²) >= 11 is 0. The third kappa shape index (κ3) is 2.93. The Kier molecular flexibility index (Phi) is 4.29. The Labute approximate surface area is 120 Å². The van der Waals surface area contributed by atoms with Crippen molar-refractivity contribution in [2.24, 2.45) is 5.41 Å². The molecule has 6 nitrogen and oxygen atoms in total. The predicted octanol–water partition coefficient (Wildman–Crippen LogP) is 1.72. The first-order valence-corrected chi connectivity index (χ1v) is 8.35. The lowest BCUT2D eigenvalue weighted by molar-refractivity contribution is 0.169. The number of sulfonamides is 1. The van der Waals surface area contributed by atoms with E-state index < -0.39 is 10.0 Å². The maximum atomic E-state index is 12.5. The fraction of sp³-hybridized carbons (Fsp3) is 0.692. The van der Waals surface area contributed by atoms with Crippen molar-refractivity contribution in [3.8, 4) is 0 Å². The second-order valence-electron chi connectivity index (χ2n) is 5.56. The molecule has 0 unspecified atom stereocenters. The molecule has 1 saturated heterocycles. The minimum absolute atomic E-state index is 0.164. The van der Waals surface area contributed by atoms with Crippen molar-refractivity contribution >= 4 is 16.0 Å². The SMILES string of the molecule is CCC1(C)CCN(S(=O)(=O)c2cnc(NC)nc2)CC1. The van der Waals surface area contributed by atoms with Gasteiger partial charge in [0.05, 0.1) is 12.4 Å². The van der Waals surface area contributed by atoms with Gasteiger partial charge in [-0.25, -0.2) is 18.4 Å². The molecule has 1 aliphatic heterocycles. The highest BCUT2D eigenvalue weighted by atomic mass is 32.2. The molecule has 0 spiro atoms. The van der Waals surface area contributed by atoms with Gasteiger partial charge in [0, 0.05) is 20.1 Å². The highest BCUT2D eigenvalue weighted by molar-refractivity contribution is 7.89. The molecule has 1 aromatic rings. The molecular formula is C13H22N4O2S. The van der Waals surface area contributed by atoms with Gasteiger partial charge in [-0.15, -0.1) is 0 Å². The Morgan fingerprint density at radius 1 is 1.30 bits per heavy atom. The van der Waals surface area contributed by atoms with Crippen molar-refractivity contribution in [2.45, 2.75) is 38.0 Å². The van der Waals surface area contributed by atoms with E-state index >= 15 is 0 Å². The largest absolute Gasteiger partial charge is 0.357 e. The van der Waals surface area contributed by atoms with Gasteiger partial charge in [0.2, 0.25) is 16.0 Å². The van der Waals surface area contributed by atoms with Crippen LogP contribution in [-0.4, -0.2) is 42.8 Å². The van der Waals surface area contributed by atoms with E-state index in [1.165, 1.54) is 12.4 Å². The van der Waals surface area contributed by atoms with Crippen molar-refractivity contribution < 1.29 is 8.42 Å². The summed E-state index contributed by atoms with van der Waals surface area (Å²) in [6.07, 6.45) is 5.61. The molecule has 0 atom stereocenters. The third-order valence-corrected chi connectivity index (χ3v) is 6.12. The Bertz CT molecular complexity index is 548. The van der Waals surface area contributed by atoms with Gasteiger partial charge in [0.1, 0.15) is 4.90 Å². The summed E-state index contributed by atoms with van der Waals surface area (Å²) in [6.45, 7) is 5.52. The highest BCUT2D eigenvalue weighted by Crippen LogP contribution is 2.35. The molecule has 0 amide bonds. The summed E-state index contributed by atoms with van der Waals surface area (Å²) in [4.78, 5) is 8.11. The van der Waals surface area contributed by atoms with Crippen LogP contribution in [0.5, 0.6) is 0 Å². The molecule has 0 aromatic carbocycles. The van der Waals surface area contributed by atoms with Crippen LogP contribution in [0.3, 0.4) is 0 Å². The van der Waals surface area contributed by atoms with Crippen LogP contribution in [0.4, 0.5) is 5.95 Å². The lowest BCUT2D eigenvalue weighted by atomic mass is 9.79. The topological polar surface area (TPSA) is 75.2 Å². The molecule has 0 radical (unpaired) electrons. The second kappa shape index (κ2) is 5.65. The number of piperidine rings is 1. The molecule has 1 aliphatic rings. The van der Waals surface area contributed by atoms with Crippen LogP contribution in [0.15, 0.2) is 17.3 Å². The lowest BCUT2D eigenvalue weighted by Crippen LogP contribution is -2.41. The molecule has 1 fully saturated rings. The molecule has 1 aromatic heterocycles. The molecule has 0 saturated carbocycles. The quantitative estimate of drug-likeness (QED) is 0.916. The van der Waals surface area contributed by atoms with Crippen molar-refractivity contribution in [1.82, 2.24) is 14.3 Å². The first-order valence-electron chi connectivity index (χ1n) is 6.91. The van der Waals surface area contributed by atoms with E-state index in [4.69, 9.17) is 0 Å². The number of nitrogens with one attached hydrogen (secondary N) is 1. The molecule has 0 bridgehead atoms. The lowest BCUT2D eigenvalue weighted by Gasteiger charge is -2.38. The molecular weight excluding hydrogens is 276 g/mol. The third-order valence-electron chi connectivity index (χ3n) is 4.27. The minimum atomic E-state index is -3.46. The molecule has 0 aliphatic carbocycles. The minimum Gasteiger partial charge on any atom is -0.357 e. The van der Waals surface area contributed by atoms with Crippen molar-refractivity contribution in [3.05, 3.63) is 12.4 Å². The fourth-order valence-electron chi connectivity index (χ4n) is 2.35. The fourth-order valence-corrected chi connectivity index (χ4v) is 3.68. The van der Waals surface area contributed by atoms with Gasteiger partial charge in [0.15, 0.2) is 0 Å². The van der Waals surface area contributed by atoms with Crippen LogP contribution in [0.2, 0.25) is 0 Å². The van der Waals surface area contributed by atoms with Gasteiger partial charge >= 0.3 is 0 Å². The van der Waals surface area contributed by atoms with E-state index in [9.17, 15) is 8.42 Å². The first kappa shape index (κ1) is 15.2. The number of nitrogens with zero attached hydrogens (tertiary/aromatic N) is 3. The zero-order valence-corrected chi connectivity index (χ0v) is 13.1. The zero-order chi connectivity index (χ0) is 14.8. The average molecular weight is 298 g/mol. The van der Waals surface area contributed by atoms with Crippen LogP contribution in [-0.2, 0) is 10.0 Å². The maximum Gasteiger partial charge on any atom is 0.246 e. The van der Waals surface area contributed by atoms with Gasteiger partial charge in [-0.3, -0.25) is 0 Å². The second-order valence-corrected chi connectivity index (χ2v) is 7.50. The van der Waals surface area contributed by atoms with Crippen LogP contribution in [0.25, 0.3) is 0 Å². The van der Waals surface area contributed by atoms with Gasteiger partial charge < -0.3 is 5.32 Å². The van der Waals surface area contributed by atoms with Crippen LogP contribution >= 0.6 is 0 Å². The van der Waals surface area contributed by atoms with E-state index in [2.05, 4.69) is 29.1 Å². The molecule has 2 heterocycles. The van der Waals surface area contributed by atoms with E-state index in [1.807, 2.05) is 0 Å². The van der Waals surface area contributed by atoms with Crippen molar-refractivity contribution in [2.75, 3.05) is 25.5 Å². The van der Waals surface area contributed by atoms with E-state index in [1.54, 1.807) is 11.4 Å². The van der Waals surface area contributed by atoms with Gasteiger partial charge in [-0.05, 0) is 18.3 Å². The molecule has 20 heavy (non-hydrogen) atoms. The van der Waals surface area contributed by atoms with E-state index in [0.29, 0.717) is 19.0 Å². The summed E-state index contributed by atoms with van der Waals surface area (Å²) in [5.41, 5.74) is 0.262. The van der Waals surface area contributed by atoms with Gasteiger partial charge in [-0.1, -0.05) is 20.3 Å². The smallest absolute Gasteiger partial charge is 0.246 e. The molecule has 1 N–H and O–H groups in total.